The Kier molecular flexibility index (Phi) is 20.0. The van der Waals surface area contributed by atoms with Gasteiger partial charge in [-0.05, 0) is 52.9 Å². The molecule has 0 amide bonds. The van der Waals surface area contributed by atoms with Gasteiger partial charge in [0.2, 0.25) is 0 Å². The van der Waals surface area contributed by atoms with Gasteiger partial charge in [-0.25, -0.2) is 14.4 Å². The molecule has 216 valence electrons. The first-order valence-corrected chi connectivity index (χ1v) is 14.8. The van der Waals surface area contributed by atoms with E-state index in [4.69, 9.17) is 0 Å². The monoisotopic (exact) mass is 526 g/mol. The molecule has 3 atom stereocenters. The molecule has 0 aliphatic carbocycles. The van der Waals surface area contributed by atoms with Crippen LogP contribution < -0.4 is 0 Å². The Morgan fingerprint density at radius 1 is 0.541 bits per heavy atom. The number of carboxylic acids is 3. The van der Waals surface area contributed by atoms with Crippen molar-refractivity contribution in [3.8, 4) is 0 Å². The summed E-state index contributed by atoms with van der Waals surface area (Å²) in [5.74, 6) is -3.51. The van der Waals surface area contributed by atoms with Crippen LogP contribution in [-0.4, -0.2) is 62.4 Å². The normalized spacial score (nSPS) is 15.8. The summed E-state index contributed by atoms with van der Waals surface area (Å²) in [7, 11) is 0. The summed E-state index contributed by atoms with van der Waals surface area (Å²) >= 11 is 0. The Labute approximate surface area is 225 Å². The van der Waals surface area contributed by atoms with Crippen LogP contribution in [0.4, 0.5) is 0 Å². The molecule has 7 nitrogen and oxygen atoms in total. The van der Waals surface area contributed by atoms with Gasteiger partial charge >= 0.3 is 17.9 Å². The minimum atomic E-state index is -1.17. The van der Waals surface area contributed by atoms with Crippen LogP contribution in [0.3, 0.4) is 0 Å². The zero-order valence-electron chi connectivity index (χ0n) is 24.1. The molecular formula is C30H56NO6+. The average molecular weight is 527 g/mol. The van der Waals surface area contributed by atoms with Gasteiger partial charge in [-0.1, -0.05) is 96.1 Å². The lowest BCUT2D eigenvalue weighted by Gasteiger charge is -2.47. The van der Waals surface area contributed by atoms with Gasteiger partial charge in [0.25, 0.3) is 0 Å². The highest BCUT2D eigenvalue weighted by Crippen LogP contribution is 2.27. The van der Waals surface area contributed by atoms with Crippen molar-refractivity contribution in [2.75, 3.05) is 6.54 Å². The predicted octanol–water partition coefficient (Wildman–Crippen LogP) is 7.43. The highest BCUT2D eigenvalue weighted by atomic mass is 16.4. The first-order valence-electron chi connectivity index (χ1n) is 14.8. The second-order valence-corrected chi connectivity index (χ2v) is 10.8. The minimum Gasteiger partial charge on any atom is -0.477 e. The van der Waals surface area contributed by atoms with Crippen LogP contribution in [0.15, 0.2) is 12.2 Å². The quantitative estimate of drug-likeness (QED) is 0.0648. The van der Waals surface area contributed by atoms with Gasteiger partial charge in [0.1, 0.15) is 0 Å². The van der Waals surface area contributed by atoms with E-state index in [1.165, 1.54) is 104 Å². The van der Waals surface area contributed by atoms with E-state index in [1.807, 2.05) is 0 Å². The van der Waals surface area contributed by atoms with Crippen LogP contribution in [0.2, 0.25) is 0 Å². The highest BCUT2D eigenvalue weighted by molar-refractivity contribution is 5.77. The van der Waals surface area contributed by atoms with E-state index in [-0.39, 0.29) is 6.54 Å². The summed E-state index contributed by atoms with van der Waals surface area (Å²) in [5, 5.41) is 28.9. The first-order chi connectivity index (χ1) is 17.6. The first kappa shape index (κ1) is 35.1. The molecule has 0 aliphatic heterocycles. The summed E-state index contributed by atoms with van der Waals surface area (Å²) < 4.78 is -0.476. The minimum absolute atomic E-state index is 0.226. The van der Waals surface area contributed by atoms with Crippen LogP contribution in [0.1, 0.15) is 137 Å². The van der Waals surface area contributed by atoms with Crippen LogP contribution in [0, 0.1) is 0 Å². The van der Waals surface area contributed by atoms with E-state index in [2.05, 4.69) is 19.1 Å². The van der Waals surface area contributed by atoms with Crippen LogP contribution >= 0.6 is 0 Å². The number of hydrogen-bond donors (Lipinski definition) is 3. The lowest BCUT2D eigenvalue weighted by Crippen LogP contribution is -2.70. The van der Waals surface area contributed by atoms with Crippen molar-refractivity contribution in [3.05, 3.63) is 12.2 Å². The largest absolute Gasteiger partial charge is 0.477 e. The van der Waals surface area contributed by atoms with Gasteiger partial charge in [0.05, 0.1) is 6.54 Å². The van der Waals surface area contributed by atoms with Crippen molar-refractivity contribution in [3.63, 3.8) is 0 Å². The third-order valence-corrected chi connectivity index (χ3v) is 8.02. The van der Waals surface area contributed by atoms with E-state index < -0.39 is 40.5 Å². The Hall–Kier alpha value is -1.89. The van der Waals surface area contributed by atoms with Gasteiger partial charge in [-0.3, -0.25) is 4.48 Å². The van der Waals surface area contributed by atoms with E-state index >= 15 is 0 Å². The molecule has 0 spiro atoms. The van der Waals surface area contributed by atoms with Gasteiger partial charge in [-0.2, -0.15) is 0 Å². The van der Waals surface area contributed by atoms with Crippen molar-refractivity contribution in [1.82, 2.24) is 0 Å². The lowest BCUT2D eigenvalue weighted by atomic mass is 9.99. The average Bonchev–Trinajstić information content (AvgIpc) is 2.86. The predicted molar refractivity (Wildman–Crippen MR) is 150 cm³/mol. The summed E-state index contributed by atoms with van der Waals surface area (Å²) in [6, 6.07) is -3.36. The molecule has 0 aromatic carbocycles. The standard InChI is InChI=1S/C30H55NO6/c1-5-6-7-8-9-10-11-12-13-14-15-16-17-18-19-20-21-22-23-24-31(25(2)28(32)33,26(3)29(34)35)27(4)30(36)37/h7-8,25-27H,5-6,9-24H2,1-4H3,(H2-,32,33,34,35,36,37)/p+1/b8-7+. The molecule has 0 saturated heterocycles. The maximum Gasteiger partial charge on any atom is 0.362 e. The molecule has 3 unspecified atom stereocenters. The van der Waals surface area contributed by atoms with Crippen molar-refractivity contribution >= 4 is 17.9 Å². The third-order valence-electron chi connectivity index (χ3n) is 8.02. The molecule has 0 bridgehead atoms. The topological polar surface area (TPSA) is 112 Å². The SMILES string of the molecule is CCC/C=C/CCCCCCCCCCCCCCCC[N+](C(C)C(=O)O)(C(C)C(=O)O)C(C)C(=O)O. The van der Waals surface area contributed by atoms with Crippen molar-refractivity contribution in [2.24, 2.45) is 0 Å². The maximum absolute atomic E-state index is 11.8. The molecule has 0 aromatic rings. The third kappa shape index (κ3) is 14.0. The fourth-order valence-electron chi connectivity index (χ4n) is 5.38. The second kappa shape index (κ2) is 21.1. The van der Waals surface area contributed by atoms with Crippen molar-refractivity contribution in [1.29, 1.82) is 0 Å². The number of hydrogen-bond acceptors (Lipinski definition) is 3. The van der Waals surface area contributed by atoms with E-state index in [1.54, 1.807) is 0 Å². The Balaban J connectivity index is 4.11. The number of carbonyl (C=O) groups is 3. The van der Waals surface area contributed by atoms with Gasteiger partial charge in [0, 0.05) is 0 Å². The molecule has 0 aliphatic rings. The number of aliphatic carboxylic acids is 3. The number of rotatable bonds is 25. The molecular weight excluding hydrogens is 470 g/mol. The Bertz CT molecular complexity index is 612. The van der Waals surface area contributed by atoms with E-state index in [0.717, 1.165) is 19.3 Å². The number of quaternary nitrogens is 1. The van der Waals surface area contributed by atoms with Crippen molar-refractivity contribution in [2.45, 2.75) is 155 Å². The summed E-state index contributed by atoms with van der Waals surface area (Å²) in [4.78, 5) is 35.4. The summed E-state index contributed by atoms with van der Waals surface area (Å²) in [6.07, 6.45) is 24.8. The van der Waals surface area contributed by atoms with Gasteiger partial charge in [-0.15, -0.1) is 0 Å². The van der Waals surface area contributed by atoms with Gasteiger partial charge in [0.15, 0.2) is 18.1 Å². The Morgan fingerprint density at radius 3 is 1.16 bits per heavy atom. The summed E-state index contributed by atoms with van der Waals surface area (Å²) in [6.45, 7) is 6.71. The van der Waals surface area contributed by atoms with E-state index in [0.29, 0.717) is 6.42 Å². The lowest BCUT2D eigenvalue weighted by molar-refractivity contribution is -0.968. The molecule has 0 aromatic heterocycles. The summed E-state index contributed by atoms with van der Waals surface area (Å²) in [5.41, 5.74) is 0. The fraction of sp³-hybridized carbons (Fsp3) is 0.833. The second-order valence-electron chi connectivity index (χ2n) is 10.8. The van der Waals surface area contributed by atoms with Crippen LogP contribution in [-0.2, 0) is 14.4 Å². The Morgan fingerprint density at radius 2 is 0.838 bits per heavy atom. The zero-order chi connectivity index (χ0) is 28.1. The fourth-order valence-corrected chi connectivity index (χ4v) is 5.38. The van der Waals surface area contributed by atoms with Crippen molar-refractivity contribution < 1.29 is 34.2 Å². The van der Waals surface area contributed by atoms with Crippen LogP contribution in [0.5, 0.6) is 0 Å². The number of allylic oxidation sites excluding steroid dienone is 2. The molecule has 0 radical (unpaired) electrons. The number of nitrogens with zero attached hydrogens (tertiary/aromatic N) is 1. The number of unbranched alkanes of at least 4 members (excludes halogenated alkanes) is 15. The van der Waals surface area contributed by atoms with Gasteiger partial charge < -0.3 is 15.3 Å². The highest BCUT2D eigenvalue weighted by Gasteiger charge is 2.52. The van der Waals surface area contributed by atoms with E-state index in [9.17, 15) is 29.7 Å². The smallest absolute Gasteiger partial charge is 0.362 e. The molecule has 0 rings (SSSR count). The molecule has 37 heavy (non-hydrogen) atoms. The maximum atomic E-state index is 11.8. The molecule has 0 fully saturated rings. The molecule has 0 heterocycles. The zero-order valence-corrected chi connectivity index (χ0v) is 24.1. The number of carboxylic acid groups (broad SMARTS) is 3. The van der Waals surface area contributed by atoms with Crippen LogP contribution in [0.25, 0.3) is 0 Å². The molecule has 7 heteroatoms. The molecule has 3 N–H and O–H groups in total. The molecule has 0 saturated carbocycles.